The quantitative estimate of drug-likeness (QED) is 0.579. The summed E-state index contributed by atoms with van der Waals surface area (Å²) >= 11 is 0. The summed E-state index contributed by atoms with van der Waals surface area (Å²) in [5.74, 6) is 1.86. The fourth-order valence-corrected chi connectivity index (χ4v) is 4.94. The van der Waals surface area contributed by atoms with E-state index in [1.165, 1.54) is 19.4 Å². The highest BCUT2D eigenvalue weighted by molar-refractivity contribution is 7.91. The lowest BCUT2D eigenvalue weighted by molar-refractivity contribution is 0.141. The van der Waals surface area contributed by atoms with E-state index in [1.807, 2.05) is 0 Å². The van der Waals surface area contributed by atoms with E-state index < -0.39 is 9.84 Å². The molecule has 6 nitrogen and oxygen atoms in total. The molecule has 0 aromatic carbocycles. The minimum Gasteiger partial charge on any atom is -0.356 e. The van der Waals surface area contributed by atoms with Crippen LogP contribution in [-0.2, 0) is 9.84 Å². The molecule has 22 heavy (non-hydrogen) atoms. The number of hydrogen-bond acceptors (Lipinski definition) is 4. The molecule has 0 aromatic rings. The second-order valence-corrected chi connectivity index (χ2v) is 9.02. The second kappa shape index (κ2) is 7.64. The number of nitrogens with zero attached hydrogens (tertiary/aromatic N) is 2. The molecule has 2 saturated heterocycles. The molecule has 2 fully saturated rings. The highest BCUT2D eigenvalue weighted by Gasteiger charge is 2.28. The molecule has 0 radical (unpaired) electrons. The van der Waals surface area contributed by atoms with Crippen molar-refractivity contribution in [3.05, 3.63) is 0 Å². The zero-order valence-electron chi connectivity index (χ0n) is 14.0. The van der Waals surface area contributed by atoms with Gasteiger partial charge in [0.25, 0.3) is 0 Å². The summed E-state index contributed by atoms with van der Waals surface area (Å²) in [7, 11) is -1.12. The van der Waals surface area contributed by atoms with E-state index in [0.717, 1.165) is 19.0 Å². The minimum atomic E-state index is -2.85. The molecule has 0 aromatic heterocycles. The van der Waals surface area contributed by atoms with Crippen LogP contribution in [0.2, 0.25) is 0 Å². The number of hydrogen-bond donors (Lipinski definition) is 2. The number of likely N-dealkylation sites (tertiary alicyclic amines) is 1. The van der Waals surface area contributed by atoms with Gasteiger partial charge >= 0.3 is 0 Å². The van der Waals surface area contributed by atoms with Crippen molar-refractivity contribution in [1.29, 1.82) is 0 Å². The van der Waals surface area contributed by atoms with Gasteiger partial charge in [-0.15, -0.1) is 0 Å². The fourth-order valence-electron chi connectivity index (χ4n) is 3.27. The van der Waals surface area contributed by atoms with Gasteiger partial charge in [-0.1, -0.05) is 0 Å². The van der Waals surface area contributed by atoms with Crippen molar-refractivity contribution < 1.29 is 8.42 Å². The first kappa shape index (κ1) is 17.5. The van der Waals surface area contributed by atoms with Crippen LogP contribution in [-0.4, -0.2) is 69.5 Å². The van der Waals surface area contributed by atoms with E-state index in [0.29, 0.717) is 18.4 Å². The summed E-state index contributed by atoms with van der Waals surface area (Å²) in [5, 5.41) is 6.61. The average Bonchev–Trinajstić information content (AvgIpc) is 2.82. The lowest BCUT2D eigenvalue weighted by Crippen LogP contribution is -2.48. The van der Waals surface area contributed by atoms with E-state index in [4.69, 9.17) is 0 Å². The molecule has 0 bridgehead atoms. The Morgan fingerprint density at radius 3 is 2.73 bits per heavy atom. The molecule has 0 amide bonds. The van der Waals surface area contributed by atoms with Gasteiger partial charge in [0, 0.05) is 32.2 Å². The predicted octanol–water partition coefficient (Wildman–Crippen LogP) is 0.459. The summed E-state index contributed by atoms with van der Waals surface area (Å²) in [6.45, 7) is 7.70. The van der Waals surface area contributed by atoms with Crippen LogP contribution < -0.4 is 10.6 Å². The molecule has 0 spiro atoms. The van der Waals surface area contributed by atoms with Crippen LogP contribution >= 0.6 is 0 Å². The molecule has 0 saturated carbocycles. The monoisotopic (exact) mass is 330 g/mol. The molecule has 2 N–H and O–H groups in total. The summed E-state index contributed by atoms with van der Waals surface area (Å²) in [6, 6.07) is 0.596. The summed E-state index contributed by atoms with van der Waals surface area (Å²) in [4.78, 5) is 6.75. The molecule has 128 valence electrons. The van der Waals surface area contributed by atoms with Crippen molar-refractivity contribution in [2.45, 2.75) is 45.2 Å². The van der Waals surface area contributed by atoms with Gasteiger partial charge < -0.3 is 15.5 Å². The largest absolute Gasteiger partial charge is 0.356 e. The molecule has 7 heteroatoms. The van der Waals surface area contributed by atoms with Crippen LogP contribution in [0.5, 0.6) is 0 Å². The van der Waals surface area contributed by atoms with Crippen molar-refractivity contribution in [3.63, 3.8) is 0 Å². The third-order valence-electron chi connectivity index (χ3n) is 4.64. The van der Waals surface area contributed by atoms with Crippen LogP contribution in [0.15, 0.2) is 4.99 Å². The molecule has 0 aliphatic carbocycles. The van der Waals surface area contributed by atoms with Crippen molar-refractivity contribution in [1.82, 2.24) is 15.5 Å². The molecule has 2 atom stereocenters. The highest BCUT2D eigenvalue weighted by Crippen LogP contribution is 2.17. The minimum absolute atomic E-state index is 0.00489. The Morgan fingerprint density at radius 1 is 1.36 bits per heavy atom. The standard InChI is InChI=1S/C15H30N4O2S/c1-12(2)19-7-4-5-13(10-19)9-17-15(16-3)18-14-6-8-22(20,21)11-14/h12-14H,4-11H2,1-3H3,(H2,16,17,18). The van der Waals surface area contributed by atoms with Crippen molar-refractivity contribution in [2.24, 2.45) is 10.9 Å². The maximum atomic E-state index is 11.5. The highest BCUT2D eigenvalue weighted by atomic mass is 32.2. The van der Waals surface area contributed by atoms with E-state index >= 15 is 0 Å². The summed E-state index contributed by atoms with van der Waals surface area (Å²) in [6.07, 6.45) is 3.16. The maximum absolute atomic E-state index is 11.5. The third-order valence-corrected chi connectivity index (χ3v) is 6.40. The summed E-state index contributed by atoms with van der Waals surface area (Å²) < 4.78 is 23.0. The van der Waals surface area contributed by atoms with Crippen LogP contribution in [0, 0.1) is 5.92 Å². The smallest absolute Gasteiger partial charge is 0.191 e. The Kier molecular flexibility index (Phi) is 6.09. The normalized spacial score (nSPS) is 29.7. The van der Waals surface area contributed by atoms with Crippen molar-refractivity contribution in [2.75, 3.05) is 38.2 Å². The molecular formula is C15H30N4O2S. The first-order valence-corrected chi connectivity index (χ1v) is 10.1. The lowest BCUT2D eigenvalue weighted by Gasteiger charge is -2.35. The summed E-state index contributed by atoms with van der Waals surface area (Å²) in [5.41, 5.74) is 0. The van der Waals surface area contributed by atoms with E-state index in [2.05, 4.69) is 34.4 Å². The first-order chi connectivity index (χ1) is 10.4. The van der Waals surface area contributed by atoms with Crippen molar-refractivity contribution >= 4 is 15.8 Å². The van der Waals surface area contributed by atoms with Crippen LogP contribution in [0.3, 0.4) is 0 Å². The molecular weight excluding hydrogens is 300 g/mol. The van der Waals surface area contributed by atoms with Crippen LogP contribution in [0.4, 0.5) is 0 Å². The molecule has 2 aliphatic rings. The zero-order valence-corrected chi connectivity index (χ0v) is 14.8. The Hall–Kier alpha value is -0.820. The molecule has 2 unspecified atom stereocenters. The van der Waals surface area contributed by atoms with Crippen molar-refractivity contribution in [3.8, 4) is 0 Å². The van der Waals surface area contributed by atoms with Crippen LogP contribution in [0.25, 0.3) is 0 Å². The van der Waals surface area contributed by atoms with E-state index in [-0.39, 0.29) is 17.5 Å². The Balaban J connectivity index is 1.77. The van der Waals surface area contributed by atoms with Gasteiger partial charge in [-0.25, -0.2) is 8.42 Å². The number of piperidine rings is 1. The second-order valence-electron chi connectivity index (χ2n) is 6.79. The third kappa shape index (κ3) is 5.12. The van der Waals surface area contributed by atoms with Gasteiger partial charge in [-0.2, -0.15) is 0 Å². The molecule has 2 rings (SSSR count). The van der Waals surface area contributed by atoms with Crippen LogP contribution in [0.1, 0.15) is 33.1 Å². The maximum Gasteiger partial charge on any atom is 0.191 e. The lowest BCUT2D eigenvalue weighted by atomic mass is 9.97. The molecule has 2 aliphatic heterocycles. The number of sulfone groups is 1. The number of guanidine groups is 1. The predicted molar refractivity (Wildman–Crippen MR) is 91.0 cm³/mol. The van der Waals surface area contributed by atoms with Gasteiger partial charge in [-0.3, -0.25) is 4.99 Å². The van der Waals surface area contributed by atoms with Gasteiger partial charge in [0.05, 0.1) is 11.5 Å². The molecule has 2 heterocycles. The fraction of sp³-hybridized carbons (Fsp3) is 0.933. The number of nitrogens with one attached hydrogen (secondary N) is 2. The number of aliphatic imine (C=N–C) groups is 1. The zero-order chi connectivity index (χ0) is 16.2. The van der Waals surface area contributed by atoms with E-state index in [9.17, 15) is 8.42 Å². The Morgan fingerprint density at radius 2 is 2.14 bits per heavy atom. The average molecular weight is 330 g/mol. The number of rotatable bonds is 4. The Bertz CT molecular complexity index is 490. The van der Waals surface area contributed by atoms with E-state index in [1.54, 1.807) is 7.05 Å². The topological polar surface area (TPSA) is 73.8 Å². The Labute approximate surface area is 134 Å². The van der Waals surface area contributed by atoms with Gasteiger partial charge in [0.15, 0.2) is 15.8 Å². The van der Waals surface area contributed by atoms with Gasteiger partial charge in [0.1, 0.15) is 0 Å². The SMILES string of the molecule is CN=C(NCC1CCCN(C(C)C)C1)NC1CCS(=O)(=O)C1. The van der Waals surface area contributed by atoms with Gasteiger partial charge in [0.2, 0.25) is 0 Å². The first-order valence-electron chi connectivity index (χ1n) is 8.31. The van der Waals surface area contributed by atoms with Gasteiger partial charge in [-0.05, 0) is 45.6 Å².